The van der Waals surface area contributed by atoms with Crippen LogP contribution in [0.3, 0.4) is 0 Å². The summed E-state index contributed by atoms with van der Waals surface area (Å²) in [6.45, 7) is 2.06. The normalized spacial score (nSPS) is 11.8. The van der Waals surface area contributed by atoms with Gasteiger partial charge in [-0.2, -0.15) is 11.8 Å². The van der Waals surface area contributed by atoms with E-state index in [9.17, 15) is 14.4 Å². The van der Waals surface area contributed by atoms with E-state index in [0.29, 0.717) is 0 Å². The molecule has 0 radical (unpaired) electrons. The van der Waals surface area contributed by atoms with Crippen molar-refractivity contribution in [3.63, 3.8) is 0 Å². The maximum Gasteiger partial charge on any atom is 0.326 e. The predicted molar refractivity (Wildman–Crippen MR) is 70.2 cm³/mol. The molecule has 0 unspecified atom stereocenters. The zero-order valence-electron chi connectivity index (χ0n) is 10.5. The molecule has 7 heteroatoms. The van der Waals surface area contributed by atoms with Gasteiger partial charge in [0.2, 0.25) is 11.8 Å². The van der Waals surface area contributed by atoms with Gasteiger partial charge in [0.15, 0.2) is 0 Å². The van der Waals surface area contributed by atoms with Crippen LogP contribution in [-0.4, -0.2) is 40.4 Å². The number of thioether (sulfide) groups is 1. The first kappa shape index (κ1) is 16.8. The lowest BCUT2D eigenvalue weighted by Crippen LogP contribution is -2.42. The van der Waals surface area contributed by atoms with Gasteiger partial charge in [0.1, 0.15) is 6.04 Å². The molecule has 0 aliphatic rings. The van der Waals surface area contributed by atoms with Crippen molar-refractivity contribution < 1.29 is 19.5 Å². The van der Waals surface area contributed by atoms with Gasteiger partial charge in [0.25, 0.3) is 0 Å². The molecule has 0 bridgehead atoms. The molecule has 1 atom stereocenters. The van der Waals surface area contributed by atoms with E-state index in [0.717, 1.165) is 18.6 Å². The zero-order valence-corrected chi connectivity index (χ0v) is 11.3. The number of carboxylic acids is 1. The van der Waals surface area contributed by atoms with Crippen molar-refractivity contribution in [2.45, 2.75) is 38.6 Å². The molecule has 0 aliphatic carbocycles. The molecule has 6 nitrogen and oxygen atoms in total. The molecule has 0 aromatic heterocycles. The summed E-state index contributed by atoms with van der Waals surface area (Å²) in [5.74, 6) is -0.938. The molecule has 2 amide bonds. The summed E-state index contributed by atoms with van der Waals surface area (Å²) in [5.41, 5.74) is 4.94. The molecular formula is C11H20N2O4S. The topological polar surface area (TPSA) is 109 Å². The Balaban J connectivity index is 3.96. The van der Waals surface area contributed by atoms with E-state index in [2.05, 4.69) is 12.2 Å². The van der Waals surface area contributed by atoms with E-state index in [1.54, 1.807) is 0 Å². The molecule has 0 aliphatic heterocycles. The Labute approximate surface area is 111 Å². The van der Waals surface area contributed by atoms with E-state index in [-0.39, 0.29) is 24.5 Å². The number of amides is 2. The Hall–Kier alpha value is -1.24. The van der Waals surface area contributed by atoms with Crippen LogP contribution >= 0.6 is 11.8 Å². The standard InChI is InChI=1S/C11H20N2O4S/c1-2-3-6-18-7-10(15)13-8(11(16)17)4-5-9(12)14/h8H,2-7H2,1H3,(H2,12,14)(H,13,15)(H,16,17)/t8-/m1/s1. The summed E-state index contributed by atoms with van der Waals surface area (Å²) < 4.78 is 0. The van der Waals surface area contributed by atoms with Crippen molar-refractivity contribution >= 4 is 29.5 Å². The molecule has 0 saturated carbocycles. The highest BCUT2D eigenvalue weighted by molar-refractivity contribution is 7.99. The number of rotatable bonds is 10. The molecule has 0 fully saturated rings. The van der Waals surface area contributed by atoms with Crippen LogP contribution < -0.4 is 11.1 Å². The van der Waals surface area contributed by atoms with Gasteiger partial charge < -0.3 is 16.2 Å². The monoisotopic (exact) mass is 276 g/mol. The van der Waals surface area contributed by atoms with Crippen LogP contribution in [0.5, 0.6) is 0 Å². The minimum atomic E-state index is -1.15. The average molecular weight is 276 g/mol. The van der Waals surface area contributed by atoms with Gasteiger partial charge in [-0.25, -0.2) is 4.79 Å². The number of carboxylic acid groups (broad SMARTS) is 1. The molecule has 18 heavy (non-hydrogen) atoms. The second-order valence-corrected chi connectivity index (χ2v) is 4.97. The molecule has 0 aromatic carbocycles. The number of primary amides is 1. The molecule has 0 saturated heterocycles. The largest absolute Gasteiger partial charge is 0.480 e. The lowest BCUT2D eigenvalue weighted by atomic mass is 10.1. The van der Waals surface area contributed by atoms with Crippen molar-refractivity contribution in [3.05, 3.63) is 0 Å². The van der Waals surface area contributed by atoms with Crippen LogP contribution in [0.4, 0.5) is 0 Å². The SMILES string of the molecule is CCCCSCC(=O)N[C@H](CCC(N)=O)C(=O)O. The second-order valence-electron chi connectivity index (χ2n) is 3.87. The first-order valence-corrected chi connectivity index (χ1v) is 7.01. The van der Waals surface area contributed by atoms with Gasteiger partial charge in [-0.1, -0.05) is 13.3 Å². The van der Waals surface area contributed by atoms with E-state index < -0.39 is 17.9 Å². The number of carbonyl (C=O) groups excluding carboxylic acids is 2. The molecule has 0 rings (SSSR count). The van der Waals surface area contributed by atoms with Crippen LogP contribution in [0.2, 0.25) is 0 Å². The average Bonchev–Trinajstić information content (AvgIpc) is 2.29. The maximum atomic E-state index is 11.5. The zero-order chi connectivity index (χ0) is 14.0. The van der Waals surface area contributed by atoms with Crippen molar-refractivity contribution in [3.8, 4) is 0 Å². The number of hydrogen-bond acceptors (Lipinski definition) is 4. The van der Waals surface area contributed by atoms with E-state index in [1.165, 1.54) is 11.8 Å². The van der Waals surface area contributed by atoms with Crippen LogP contribution in [0.1, 0.15) is 32.6 Å². The van der Waals surface area contributed by atoms with E-state index in [1.807, 2.05) is 0 Å². The number of unbranched alkanes of at least 4 members (excludes halogenated alkanes) is 1. The third kappa shape index (κ3) is 8.86. The minimum absolute atomic E-state index is 0.0238. The minimum Gasteiger partial charge on any atom is -0.480 e. The highest BCUT2D eigenvalue weighted by atomic mass is 32.2. The molecule has 0 heterocycles. The number of nitrogens with two attached hydrogens (primary N) is 1. The molecule has 0 aromatic rings. The van der Waals surface area contributed by atoms with Gasteiger partial charge in [-0.3, -0.25) is 9.59 Å². The Morgan fingerprint density at radius 3 is 2.56 bits per heavy atom. The molecule has 104 valence electrons. The fourth-order valence-corrected chi connectivity index (χ4v) is 2.10. The highest BCUT2D eigenvalue weighted by Crippen LogP contribution is 2.04. The Morgan fingerprint density at radius 1 is 1.39 bits per heavy atom. The molecular weight excluding hydrogens is 256 g/mol. The number of aliphatic carboxylic acids is 1. The molecule has 0 spiro atoms. The summed E-state index contributed by atoms with van der Waals surface area (Å²) >= 11 is 1.47. The first-order chi connectivity index (χ1) is 8.47. The van der Waals surface area contributed by atoms with Crippen molar-refractivity contribution in [1.82, 2.24) is 5.32 Å². The van der Waals surface area contributed by atoms with E-state index in [4.69, 9.17) is 10.8 Å². The first-order valence-electron chi connectivity index (χ1n) is 5.85. The second kappa shape index (κ2) is 9.76. The predicted octanol–water partition coefficient (Wildman–Crippen LogP) is 0.355. The fraction of sp³-hybridized carbons (Fsp3) is 0.727. The van der Waals surface area contributed by atoms with Crippen LogP contribution in [0.25, 0.3) is 0 Å². The molecule has 4 N–H and O–H groups in total. The summed E-state index contributed by atoms with van der Waals surface area (Å²) in [4.78, 5) is 32.9. The van der Waals surface area contributed by atoms with Crippen molar-refractivity contribution in [1.29, 1.82) is 0 Å². The van der Waals surface area contributed by atoms with E-state index >= 15 is 0 Å². The third-order valence-corrected chi connectivity index (χ3v) is 3.23. The van der Waals surface area contributed by atoms with Gasteiger partial charge in [-0.15, -0.1) is 0 Å². The van der Waals surface area contributed by atoms with Gasteiger partial charge >= 0.3 is 5.97 Å². The fourth-order valence-electron chi connectivity index (χ4n) is 1.19. The van der Waals surface area contributed by atoms with Crippen molar-refractivity contribution in [2.75, 3.05) is 11.5 Å². The smallest absolute Gasteiger partial charge is 0.326 e. The maximum absolute atomic E-state index is 11.5. The Bertz CT molecular complexity index is 297. The number of nitrogens with one attached hydrogen (secondary N) is 1. The van der Waals surface area contributed by atoms with Crippen LogP contribution in [0, 0.1) is 0 Å². The van der Waals surface area contributed by atoms with Gasteiger partial charge in [-0.05, 0) is 18.6 Å². The number of hydrogen-bond donors (Lipinski definition) is 3. The van der Waals surface area contributed by atoms with Crippen molar-refractivity contribution in [2.24, 2.45) is 5.73 Å². The lowest BCUT2D eigenvalue weighted by Gasteiger charge is -2.13. The highest BCUT2D eigenvalue weighted by Gasteiger charge is 2.20. The number of carbonyl (C=O) groups is 3. The summed E-state index contributed by atoms with van der Waals surface area (Å²) in [6.07, 6.45) is 2.06. The third-order valence-electron chi connectivity index (χ3n) is 2.19. The summed E-state index contributed by atoms with van der Waals surface area (Å²) in [6, 6.07) is -1.04. The lowest BCUT2D eigenvalue weighted by molar-refractivity contribution is -0.141. The van der Waals surface area contributed by atoms with Crippen LogP contribution in [-0.2, 0) is 14.4 Å². The summed E-state index contributed by atoms with van der Waals surface area (Å²) in [7, 11) is 0. The Morgan fingerprint density at radius 2 is 2.06 bits per heavy atom. The van der Waals surface area contributed by atoms with Gasteiger partial charge in [0.05, 0.1) is 5.75 Å². The Kier molecular flexibility index (Phi) is 9.08. The van der Waals surface area contributed by atoms with Crippen LogP contribution in [0.15, 0.2) is 0 Å². The summed E-state index contributed by atoms with van der Waals surface area (Å²) in [5, 5.41) is 11.3. The quantitative estimate of drug-likeness (QED) is 0.499. The van der Waals surface area contributed by atoms with Gasteiger partial charge in [0, 0.05) is 6.42 Å².